The molecular formula is C23H28F2N6O2. The molecule has 0 saturated heterocycles. The van der Waals surface area contributed by atoms with Crippen LogP contribution in [-0.4, -0.2) is 62.5 Å². The van der Waals surface area contributed by atoms with Crippen molar-refractivity contribution in [2.75, 3.05) is 25.5 Å². The Morgan fingerprint density at radius 1 is 1.18 bits per heavy atom. The number of aromatic nitrogens is 4. The third-order valence-electron chi connectivity index (χ3n) is 6.60. The van der Waals surface area contributed by atoms with Gasteiger partial charge in [0.05, 0.1) is 43.1 Å². The standard InChI is InChI=1S/C23H28F2N6O2/c1-33-20-9-14-6-7-30(13-21(24)25)12-15(14)8-19(20)28-23-26-10-16-11-27-31(22(16)29-23)17-2-4-18(32)5-3-17/h8-11,17-18,21,32H,2-7,12-13H2,1H3,(H,26,28,29)/t17-,18-. The minimum absolute atomic E-state index is 0.202. The van der Waals surface area contributed by atoms with Gasteiger partial charge in [-0.2, -0.15) is 10.1 Å². The topological polar surface area (TPSA) is 88.3 Å². The van der Waals surface area contributed by atoms with Gasteiger partial charge in [0.25, 0.3) is 6.43 Å². The zero-order valence-electron chi connectivity index (χ0n) is 18.5. The summed E-state index contributed by atoms with van der Waals surface area (Å²) in [5, 5.41) is 18.5. The van der Waals surface area contributed by atoms with Crippen molar-refractivity contribution in [3.63, 3.8) is 0 Å². The number of nitrogens with zero attached hydrogens (tertiary/aromatic N) is 5. The van der Waals surface area contributed by atoms with Gasteiger partial charge in [-0.3, -0.25) is 4.90 Å². The zero-order chi connectivity index (χ0) is 22.9. The molecule has 0 amide bonds. The summed E-state index contributed by atoms with van der Waals surface area (Å²) in [4.78, 5) is 10.9. The number of hydrogen-bond donors (Lipinski definition) is 2. The van der Waals surface area contributed by atoms with Crippen molar-refractivity contribution in [2.45, 2.75) is 57.2 Å². The number of ether oxygens (including phenoxy) is 1. The van der Waals surface area contributed by atoms with Gasteiger partial charge in [0, 0.05) is 19.3 Å². The van der Waals surface area contributed by atoms with E-state index in [9.17, 15) is 13.9 Å². The van der Waals surface area contributed by atoms with E-state index >= 15 is 0 Å². The van der Waals surface area contributed by atoms with Gasteiger partial charge in [-0.15, -0.1) is 0 Å². The first-order valence-electron chi connectivity index (χ1n) is 11.4. The van der Waals surface area contributed by atoms with Gasteiger partial charge in [-0.05, 0) is 55.4 Å². The van der Waals surface area contributed by atoms with Crippen molar-refractivity contribution < 1.29 is 18.6 Å². The van der Waals surface area contributed by atoms with Gasteiger partial charge in [0.1, 0.15) is 5.75 Å². The Labute approximate surface area is 190 Å². The predicted octanol–water partition coefficient (Wildman–Crippen LogP) is 3.68. The molecule has 176 valence electrons. The lowest BCUT2D eigenvalue weighted by molar-refractivity contribution is 0.0820. The smallest absolute Gasteiger partial charge is 0.251 e. The molecule has 3 heterocycles. The molecule has 1 aliphatic carbocycles. The van der Waals surface area contributed by atoms with Crippen molar-refractivity contribution in [1.29, 1.82) is 0 Å². The molecule has 10 heteroatoms. The second-order valence-corrected chi connectivity index (χ2v) is 8.85. The molecule has 2 aliphatic rings. The highest BCUT2D eigenvalue weighted by Gasteiger charge is 2.24. The number of fused-ring (bicyclic) bond motifs is 2. The lowest BCUT2D eigenvalue weighted by atomic mass is 9.93. The molecule has 2 N–H and O–H groups in total. The molecular weight excluding hydrogens is 430 g/mol. The van der Waals surface area contributed by atoms with E-state index in [1.165, 1.54) is 0 Å². The van der Waals surface area contributed by atoms with Crippen molar-refractivity contribution in [3.8, 4) is 5.75 Å². The summed E-state index contributed by atoms with van der Waals surface area (Å²) in [5.41, 5.74) is 3.55. The molecule has 8 nitrogen and oxygen atoms in total. The van der Waals surface area contributed by atoms with Crippen LogP contribution in [0.5, 0.6) is 5.75 Å². The quantitative estimate of drug-likeness (QED) is 0.583. The SMILES string of the molecule is COc1cc2c(cc1Nc1ncc3cnn([C@H]4CC[C@H](O)CC4)c3n1)CN(CC(F)F)CC2. The van der Waals surface area contributed by atoms with E-state index < -0.39 is 6.43 Å². The molecule has 0 unspecified atom stereocenters. The summed E-state index contributed by atoms with van der Waals surface area (Å²) < 4.78 is 33.2. The monoisotopic (exact) mass is 458 g/mol. The molecule has 5 rings (SSSR count). The first kappa shape index (κ1) is 22.0. The summed E-state index contributed by atoms with van der Waals surface area (Å²) in [6.45, 7) is 0.851. The lowest BCUT2D eigenvalue weighted by Gasteiger charge is -2.29. The molecule has 0 spiro atoms. The van der Waals surface area contributed by atoms with Crippen LogP contribution in [0.1, 0.15) is 42.9 Å². The number of nitrogens with one attached hydrogen (secondary N) is 1. The minimum atomic E-state index is -2.35. The largest absolute Gasteiger partial charge is 0.495 e. The van der Waals surface area contributed by atoms with Crippen molar-refractivity contribution in [2.24, 2.45) is 0 Å². The van der Waals surface area contributed by atoms with Crippen LogP contribution >= 0.6 is 0 Å². The Hall–Kier alpha value is -2.85. The number of halogens is 2. The summed E-state index contributed by atoms with van der Waals surface area (Å²) in [6.07, 6.45) is 4.87. The summed E-state index contributed by atoms with van der Waals surface area (Å²) >= 11 is 0. The van der Waals surface area contributed by atoms with E-state index in [0.29, 0.717) is 36.9 Å². The molecule has 1 aromatic carbocycles. The second kappa shape index (κ2) is 9.18. The fraction of sp³-hybridized carbons (Fsp3) is 0.522. The van der Waals surface area contributed by atoms with Gasteiger partial charge in [0.2, 0.25) is 5.95 Å². The average molecular weight is 459 g/mol. The summed E-state index contributed by atoms with van der Waals surface area (Å²) in [7, 11) is 1.61. The number of anilines is 2. The maximum atomic E-state index is 12.9. The van der Waals surface area contributed by atoms with E-state index in [0.717, 1.165) is 47.8 Å². The number of benzene rings is 1. The molecule has 3 aromatic rings. The molecule has 0 atom stereocenters. The predicted molar refractivity (Wildman–Crippen MR) is 120 cm³/mol. The van der Waals surface area contributed by atoms with E-state index in [1.54, 1.807) is 24.4 Å². The Morgan fingerprint density at radius 3 is 2.76 bits per heavy atom. The minimum Gasteiger partial charge on any atom is -0.495 e. The molecule has 1 fully saturated rings. The number of rotatable bonds is 6. The van der Waals surface area contributed by atoms with E-state index in [4.69, 9.17) is 9.72 Å². The van der Waals surface area contributed by atoms with E-state index in [1.807, 2.05) is 16.8 Å². The Morgan fingerprint density at radius 2 is 2.00 bits per heavy atom. The van der Waals surface area contributed by atoms with Crippen molar-refractivity contribution in [3.05, 3.63) is 35.7 Å². The summed E-state index contributed by atoms with van der Waals surface area (Å²) in [6, 6.07) is 4.11. The third kappa shape index (κ3) is 4.63. The van der Waals surface area contributed by atoms with Crippen LogP contribution in [-0.2, 0) is 13.0 Å². The van der Waals surface area contributed by atoms with Crippen LogP contribution in [0.15, 0.2) is 24.5 Å². The number of aliphatic hydroxyl groups is 1. The Kier molecular flexibility index (Phi) is 6.11. The highest BCUT2D eigenvalue weighted by molar-refractivity contribution is 5.76. The summed E-state index contributed by atoms with van der Waals surface area (Å²) in [5.74, 6) is 1.08. The number of aliphatic hydroxyl groups excluding tert-OH is 1. The molecule has 2 aromatic heterocycles. The van der Waals surface area contributed by atoms with Gasteiger partial charge in [-0.25, -0.2) is 18.4 Å². The molecule has 33 heavy (non-hydrogen) atoms. The highest BCUT2D eigenvalue weighted by Crippen LogP contribution is 2.34. The average Bonchev–Trinajstić information content (AvgIpc) is 3.22. The number of hydrogen-bond acceptors (Lipinski definition) is 7. The first-order valence-corrected chi connectivity index (χ1v) is 11.4. The first-order chi connectivity index (χ1) is 16.0. The Balaban J connectivity index is 1.41. The molecule has 0 bridgehead atoms. The van der Waals surface area contributed by atoms with Crippen LogP contribution < -0.4 is 10.1 Å². The fourth-order valence-corrected chi connectivity index (χ4v) is 4.85. The maximum Gasteiger partial charge on any atom is 0.251 e. The zero-order valence-corrected chi connectivity index (χ0v) is 18.5. The number of alkyl halides is 2. The molecule has 1 saturated carbocycles. The molecule has 1 aliphatic heterocycles. The van der Waals surface area contributed by atoms with Gasteiger partial charge >= 0.3 is 0 Å². The van der Waals surface area contributed by atoms with Crippen LogP contribution in [0.3, 0.4) is 0 Å². The molecule has 0 radical (unpaired) electrons. The van der Waals surface area contributed by atoms with Crippen molar-refractivity contribution in [1.82, 2.24) is 24.6 Å². The lowest BCUT2D eigenvalue weighted by Crippen LogP contribution is -2.34. The van der Waals surface area contributed by atoms with Gasteiger partial charge < -0.3 is 15.2 Å². The van der Waals surface area contributed by atoms with Crippen molar-refractivity contribution >= 4 is 22.7 Å². The second-order valence-electron chi connectivity index (χ2n) is 8.85. The highest BCUT2D eigenvalue weighted by atomic mass is 19.3. The third-order valence-corrected chi connectivity index (χ3v) is 6.60. The normalized spacial score (nSPS) is 21.4. The Bertz CT molecular complexity index is 1130. The van der Waals surface area contributed by atoms with E-state index in [2.05, 4.69) is 15.4 Å². The fourth-order valence-electron chi connectivity index (χ4n) is 4.85. The van der Waals surface area contributed by atoms with Crippen LogP contribution in [0.2, 0.25) is 0 Å². The van der Waals surface area contributed by atoms with Crippen LogP contribution in [0, 0.1) is 0 Å². The maximum absolute atomic E-state index is 12.9. The van der Waals surface area contributed by atoms with E-state index in [-0.39, 0.29) is 18.7 Å². The van der Waals surface area contributed by atoms with Gasteiger partial charge in [0.15, 0.2) is 5.65 Å². The number of methoxy groups -OCH3 is 1. The van der Waals surface area contributed by atoms with Gasteiger partial charge in [-0.1, -0.05) is 0 Å². The van der Waals surface area contributed by atoms with Crippen LogP contribution in [0.4, 0.5) is 20.4 Å². The van der Waals surface area contributed by atoms with Crippen LogP contribution in [0.25, 0.3) is 11.0 Å².